The van der Waals surface area contributed by atoms with E-state index in [2.05, 4.69) is 41.5 Å². The predicted octanol–water partition coefficient (Wildman–Crippen LogP) is 7.86. The van der Waals surface area contributed by atoms with E-state index in [0.717, 1.165) is 41.9 Å². The average Bonchev–Trinajstić information content (AvgIpc) is 3.00. The lowest BCUT2D eigenvalue weighted by Gasteiger charge is -2.58. The fourth-order valence-corrected chi connectivity index (χ4v) is 8.37. The number of hydrogen-bond donors (Lipinski definition) is 1. The highest BCUT2D eigenvalue weighted by Gasteiger charge is 2.59. The lowest BCUT2D eigenvalue weighted by atomic mass is 9.47. The van der Waals surface area contributed by atoms with Crippen molar-refractivity contribution in [2.45, 2.75) is 125 Å². The van der Waals surface area contributed by atoms with E-state index in [9.17, 15) is 5.11 Å². The molecule has 28 heavy (non-hydrogen) atoms. The van der Waals surface area contributed by atoms with E-state index in [-0.39, 0.29) is 11.5 Å². The van der Waals surface area contributed by atoms with Crippen molar-refractivity contribution in [1.29, 1.82) is 0 Å². The van der Waals surface area contributed by atoms with Crippen LogP contribution in [0, 0.1) is 46.3 Å². The standard InChI is InChI=1S/C27H50O/c1-7-8-17-27(6)24-16-18-26(5)22(20(4)11-9-10-19(2)3)13-14-23(26)21(24)12-15-25(27)28/h19-25,28H,7-18H2,1-6H3/t20-,21?,22-,23+,24+,25?,26-,27-/m1/s1. The van der Waals surface area contributed by atoms with E-state index in [1.165, 1.54) is 70.6 Å². The van der Waals surface area contributed by atoms with Crippen molar-refractivity contribution in [3.63, 3.8) is 0 Å². The van der Waals surface area contributed by atoms with Crippen LogP contribution in [0.1, 0.15) is 119 Å². The molecule has 2 unspecified atom stereocenters. The second-order valence-electron chi connectivity index (χ2n) is 12.1. The van der Waals surface area contributed by atoms with E-state index in [4.69, 9.17) is 0 Å². The van der Waals surface area contributed by atoms with Crippen LogP contribution in [0.15, 0.2) is 0 Å². The molecule has 0 heterocycles. The van der Waals surface area contributed by atoms with Crippen molar-refractivity contribution in [2.24, 2.45) is 46.3 Å². The van der Waals surface area contributed by atoms with Crippen molar-refractivity contribution in [3.05, 3.63) is 0 Å². The maximum absolute atomic E-state index is 11.0. The summed E-state index contributed by atoms with van der Waals surface area (Å²) < 4.78 is 0. The summed E-state index contributed by atoms with van der Waals surface area (Å²) in [7, 11) is 0. The minimum absolute atomic E-state index is 0.0585. The molecule has 0 bridgehead atoms. The lowest BCUT2D eigenvalue weighted by Crippen LogP contribution is -2.54. The summed E-state index contributed by atoms with van der Waals surface area (Å²) in [5.74, 6) is 5.28. The van der Waals surface area contributed by atoms with Crippen LogP contribution in [0.2, 0.25) is 0 Å². The SMILES string of the molecule is CCCC[C@@]1(C)C(O)CCC2[C@@H]3CC[C@H]([C@H](C)CCCC(C)C)[C@@]3(C)CC[C@@H]21. The molecule has 0 aliphatic heterocycles. The Morgan fingerprint density at radius 1 is 0.893 bits per heavy atom. The van der Waals surface area contributed by atoms with E-state index >= 15 is 0 Å². The van der Waals surface area contributed by atoms with Crippen LogP contribution in [0.25, 0.3) is 0 Å². The van der Waals surface area contributed by atoms with Gasteiger partial charge in [0.25, 0.3) is 0 Å². The zero-order valence-corrected chi connectivity index (χ0v) is 20.0. The summed E-state index contributed by atoms with van der Waals surface area (Å²) in [4.78, 5) is 0. The fraction of sp³-hybridized carbons (Fsp3) is 1.00. The quantitative estimate of drug-likeness (QED) is 0.447. The zero-order valence-electron chi connectivity index (χ0n) is 20.0. The Kier molecular flexibility index (Phi) is 7.27. The Hall–Kier alpha value is -0.0400. The highest BCUT2D eigenvalue weighted by Crippen LogP contribution is 2.66. The molecule has 0 radical (unpaired) electrons. The smallest absolute Gasteiger partial charge is 0.0596 e. The summed E-state index contributed by atoms with van der Waals surface area (Å²) in [6.45, 7) is 14.7. The first kappa shape index (κ1) is 22.6. The van der Waals surface area contributed by atoms with Crippen LogP contribution in [0.5, 0.6) is 0 Å². The first-order valence-corrected chi connectivity index (χ1v) is 12.9. The van der Waals surface area contributed by atoms with Gasteiger partial charge in [0.15, 0.2) is 0 Å². The van der Waals surface area contributed by atoms with Gasteiger partial charge in [-0.3, -0.25) is 0 Å². The third-order valence-electron chi connectivity index (χ3n) is 10.1. The second kappa shape index (κ2) is 8.99. The summed E-state index contributed by atoms with van der Waals surface area (Å²) >= 11 is 0. The van der Waals surface area contributed by atoms with Crippen molar-refractivity contribution in [2.75, 3.05) is 0 Å². The molecule has 3 aliphatic rings. The van der Waals surface area contributed by atoms with Gasteiger partial charge in [0.2, 0.25) is 0 Å². The molecule has 1 heteroatoms. The fourth-order valence-electron chi connectivity index (χ4n) is 8.37. The normalized spacial score (nSPS) is 44.4. The van der Waals surface area contributed by atoms with Crippen LogP contribution in [-0.2, 0) is 0 Å². The molecule has 3 aliphatic carbocycles. The molecule has 3 fully saturated rings. The van der Waals surface area contributed by atoms with Crippen LogP contribution in [0.4, 0.5) is 0 Å². The Labute approximate surface area is 176 Å². The minimum Gasteiger partial charge on any atom is -0.393 e. The van der Waals surface area contributed by atoms with E-state index in [1.54, 1.807) is 0 Å². The molecule has 0 aromatic rings. The summed E-state index contributed by atoms with van der Waals surface area (Å²) in [5.41, 5.74) is 0.758. The molecule has 0 aromatic carbocycles. The van der Waals surface area contributed by atoms with E-state index in [0.29, 0.717) is 5.41 Å². The van der Waals surface area contributed by atoms with Gasteiger partial charge >= 0.3 is 0 Å². The predicted molar refractivity (Wildman–Crippen MR) is 121 cm³/mol. The molecule has 164 valence electrons. The molecule has 0 spiro atoms. The number of fused-ring (bicyclic) bond motifs is 3. The maximum Gasteiger partial charge on any atom is 0.0596 e. The Morgan fingerprint density at radius 2 is 1.64 bits per heavy atom. The van der Waals surface area contributed by atoms with Crippen molar-refractivity contribution in [3.8, 4) is 0 Å². The van der Waals surface area contributed by atoms with Crippen molar-refractivity contribution < 1.29 is 5.11 Å². The highest BCUT2D eigenvalue weighted by atomic mass is 16.3. The van der Waals surface area contributed by atoms with Crippen LogP contribution in [0.3, 0.4) is 0 Å². The third kappa shape index (κ3) is 4.08. The topological polar surface area (TPSA) is 20.2 Å². The van der Waals surface area contributed by atoms with Gasteiger partial charge in [0.05, 0.1) is 6.10 Å². The van der Waals surface area contributed by atoms with Gasteiger partial charge in [0, 0.05) is 0 Å². The number of aliphatic hydroxyl groups excluding tert-OH is 1. The average molecular weight is 391 g/mol. The molecule has 1 N–H and O–H groups in total. The molecular formula is C27H50O. The Morgan fingerprint density at radius 3 is 2.32 bits per heavy atom. The zero-order chi connectivity index (χ0) is 20.5. The van der Waals surface area contributed by atoms with Gasteiger partial charge < -0.3 is 5.11 Å². The van der Waals surface area contributed by atoms with Crippen LogP contribution < -0.4 is 0 Å². The molecule has 3 saturated carbocycles. The van der Waals surface area contributed by atoms with Gasteiger partial charge in [-0.25, -0.2) is 0 Å². The summed E-state index contributed by atoms with van der Waals surface area (Å²) in [6, 6.07) is 0. The molecule has 0 amide bonds. The number of unbranched alkanes of at least 4 members (excludes halogenated alkanes) is 1. The highest BCUT2D eigenvalue weighted by molar-refractivity contribution is 5.08. The number of aliphatic hydroxyl groups is 1. The molecule has 8 atom stereocenters. The monoisotopic (exact) mass is 390 g/mol. The molecular weight excluding hydrogens is 340 g/mol. The first-order chi connectivity index (χ1) is 13.2. The summed E-state index contributed by atoms with van der Waals surface area (Å²) in [6.07, 6.45) is 16.1. The van der Waals surface area contributed by atoms with Gasteiger partial charge in [0.1, 0.15) is 0 Å². The van der Waals surface area contributed by atoms with Crippen molar-refractivity contribution in [1.82, 2.24) is 0 Å². The van der Waals surface area contributed by atoms with Crippen LogP contribution in [-0.4, -0.2) is 11.2 Å². The molecule has 0 saturated heterocycles. The second-order valence-corrected chi connectivity index (χ2v) is 12.1. The molecule has 1 nitrogen and oxygen atoms in total. The first-order valence-electron chi connectivity index (χ1n) is 12.9. The van der Waals surface area contributed by atoms with Gasteiger partial charge in [-0.05, 0) is 91.3 Å². The van der Waals surface area contributed by atoms with Gasteiger partial charge in [-0.1, -0.05) is 73.6 Å². The third-order valence-corrected chi connectivity index (χ3v) is 10.1. The van der Waals surface area contributed by atoms with Crippen molar-refractivity contribution >= 4 is 0 Å². The largest absolute Gasteiger partial charge is 0.393 e. The number of rotatable bonds is 8. The molecule has 0 aromatic heterocycles. The van der Waals surface area contributed by atoms with E-state index in [1.807, 2.05) is 0 Å². The minimum atomic E-state index is -0.0585. The number of hydrogen-bond acceptors (Lipinski definition) is 1. The van der Waals surface area contributed by atoms with E-state index < -0.39 is 0 Å². The molecule has 3 rings (SSSR count). The Bertz CT molecular complexity index is 498. The van der Waals surface area contributed by atoms with Gasteiger partial charge in [-0.15, -0.1) is 0 Å². The summed E-state index contributed by atoms with van der Waals surface area (Å²) in [5, 5.41) is 11.0. The lowest BCUT2D eigenvalue weighted by molar-refractivity contribution is -0.133. The Balaban J connectivity index is 1.71. The van der Waals surface area contributed by atoms with Gasteiger partial charge in [-0.2, -0.15) is 0 Å². The maximum atomic E-state index is 11.0. The van der Waals surface area contributed by atoms with Crippen LogP contribution >= 0.6 is 0 Å².